The van der Waals surface area contributed by atoms with E-state index in [1.54, 1.807) is 44.2 Å². The smallest absolute Gasteiger partial charge is 0.311 e. The van der Waals surface area contributed by atoms with Crippen LogP contribution in [0.15, 0.2) is 59.0 Å². The molecule has 4 aromatic rings. The third-order valence-corrected chi connectivity index (χ3v) is 5.44. The van der Waals surface area contributed by atoms with Crippen LogP contribution < -0.4 is 10.1 Å². The molecule has 3 aromatic carbocycles. The lowest BCUT2D eigenvalue weighted by Crippen LogP contribution is -2.20. The number of nitrogens with one attached hydrogen (secondary N) is 1. The summed E-state index contributed by atoms with van der Waals surface area (Å²) in [6.07, 6.45) is 0. The zero-order chi connectivity index (χ0) is 24.4. The van der Waals surface area contributed by atoms with E-state index >= 15 is 0 Å². The minimum absolute atomic E-state index is 0.0951. The number of nitro benzene ring substituents is 1. The average Bonchev–Trinajstić information content (AvgIpc) is 3.21. The summed E-state index contributed by atoms with van der Waals surface area (Å²) in [5.41, 5.74) is 5.24. The van der Waals surface area contributed by atoms with Gasteiger partial charge in [0.05, 0.1) is 4.92 Å². The number of carbonyl (C=O) groups is 1. The first-order valence-corrected chi connectivity index (χ1v) is 10.9. The fraction of sp³-hybridized carbons (Fsp3) is 0.231. The van der Waals surface area contributed by atoms with E-state index in [9.17, 15) is 14.9 Å². The quantitative estimate of drug-likeness (QED) is 0.262. The number of hydrogen-bond donors (Lipinski definition) is 1. The highest BCUT2D eigenvalue weighted by atomic mass is 16.6. The van der Waals surface area contributed by atoms with E-state index in [1.807, 2.05) is 18.2 Å². The lowest BCUT2D eigenvalue weighted by molar-refractivity contribution is -0.385. The minimum Gasteiger partial charge on any atom is -0.477 e. The standard InChI is InChI=1S/C26H25N3O5/c1-15(2)19-7-10-23-21(13-19)28-26(34-23)18-5-8-20(9-6-18)27-24(30)14-33-25-17(4)11-16(3)12-22(25)29(31)32/h5-13,15H,14H2,1-4H3,(H,27,30). The second-order valence-corrected chi connectivity index (χ2v) is 8.50. The molecule has 1 N–H and O–H groups in total. The van der Waals surface area contributed by atoms with Gasteiger partial charge in [0, 0.05) is 17.3 Å². The third kappa shape index (κ3) is 4.91. The van der Waals surface area contributed by atoms with Crippen LogP contribution >= 0.6 is 0 Å². The second kappa shape index (κ2) is 9.35. The Morgan fingerprint density at radius 3 is 2.53 bits per heavy atom. The Balaban J connectivity index is 1.43. The molecule has 8 heteroatoms. The number of amides is 1. The van der Waals surface area contributed by atoms with Gasteiger partial charge >= 0.3 is 5.69 Å². The normalized spacial score (nSPS) is 11.1. The predicted octanol–water partition coefficient (Wildman–Crippen LogP) is 6.16. The van der Waals surface area contributed by atoms with Gasteiger partial charge in [0.1, 0.15) is 5.52 Å². The van der Waals surface area contributed by atoms with Gasteiger partial charge in [-0.05, 0) is 72.9 Å². The number of nitrogens with zero attached hydrogens (tertiary/aromatic N) is 2. The summed E-state index contributed by atoms with van der Waals surface area (Å²) in [4.78, 5) is 27.8. The first-order chi connectivity index (χ1) is 16.2. The van der Waals surface area contributed by atoms with Gasteiger partial charge in [0.2, 0.25) is 11.6 Å². The number of rotatable bonds is 7. The van der Waals surface area contributed by atoms with Crippen LogP contribution in [0.25, 0.3) is 22.6 Å². The van der Waals surface area contributed by atoms with Crippen LogP contribution in [0, 0.1) is 24.0 Å². The number of carbonyl (C=O) groups excluding carboxylic acids is 1. The van der Waals surface area contributed by atoms with Crippen LogP contribution in [0.1, 0.15) is 36.5 Å². The van der Waals surface area contributed by atoms with Gasteiger partial charge < -0.3 is 14.5 Å². The Bertz CT molecular complexity index is 1370. The molecule has 0 saturated heterocycles. The minimum atomic E-state index is -0.512. The molecule has 0 aliphatic rings. The maximum absolute atomic E-state index is 12.4. The Morgan fingerprint density at radius 1 is 1.12 bits per heavy atom. The lowest BCUT2D eigenvalue weighted by Gasteiger charge is -2.11. The van der Waals surface area contributed by atoms with Crippen molar-refractivity contribution < 1.29 is 18.9 Å². The molecule has 0 bridgehead atoms. The highest BCUT2D eigenvalue weighted by molar-refractivity contribution is 5.92. The monoisotopic (exact) mass is 459 g/mol. The fourth-order valence-corrected chi connectivity index (χ4v) is 3.71. The van der Waals surface area contributed by atoms with E-state index < -0.39 is 10.8 Å². The zero-order valence-electron chi connectivity index (χ0n) is 19.4. The zero-order valence-corrected chi connectivity index (χ0v) is 19.4. The number of hydrogen-bond acceptors (Lipinski definition) is 6. The molecule has 0 radical (unpaired) electrons. The van der Waals surface area contributed by atoms with Crippen molar-refractivity contribution in [3.05, 3.63) is 81.4 Å². The topological polar surface area (TPSA) is 108 Å². The van der Waals surface area contributed by atoms with Crippen LogP contribution in [0.3, 0.4) is 0 Å². The van der Waals surface area contributed by atoms with Gasteiger partial charge in [0.15, 0.2) is 12.2 Å². The van der Waals surface area contributed by atoms with E-state index in [0.717, 1.165) is 22.2 Å². The maximum Gasteiger partial charge on any atom is 0.311 e. The van der Waals surface area contributed by atoms with Gasteiger partial charge in [-0.2, -0.15) is 0 Å². The summed E-state index contributed by atoms with van der Waals surface area (Å²) in [6.45, 7) is 7.38. The molecule has 34 heavy (non-hydrogen) atoms. The highest BCUT2D eigenvalue weighted by Gasteiger charge is 2.19. The molecule has 0 aliphatic heterocycles. The molecular formula is C26H25N3O5. The number of nitro groups is 1. The largest absolute Gasteiger partial charge is 0.477 e. The van der Waals surface area contributed by atoms with Gasteiger partial charge in [-0.3, -0.25) is 14.9 Å². The number of aryl methyl sites for hydroxylation is 2. The number of oxazole rings is 1. The third-order valence-electron chi connectivity index (χ3n) is 5.44. The number of fused-ring (bicyclic) bond motifs is 1. The molecule has 4 rings (SSSR count). The number of anilines is 1. The van der Waals surface area contributed by atoms with Gasteiger partial charge in [-0.15, -0.1) is 0 Å². The molecule has 8 nitrogen and oxygen atoms in total. The van der Waals surface area contributed by atoms with Crippen LogP contribution in [0.5, 0.6) is 5.75 Å². The van der Waals surface area contributed by atoms with Crippen molar-refractivity contribution >= 4 is 28.4 Å². The van der Waals surface area contributed by atoms with Crippen molar-refractivity contribution in [1.29, 1.82) is 0 Å². The fourth-order valence-electron chi connectivity index (χ4n) is 3.71. The Morgan fingerprint density at radius 2 is 1.85 bits per heavy atom. The molecule has 1 amide bonds. The van der Waals surface area contributed by atoms with Crippen molar-refractivity contribution in [2.45, 2.75) is 33.6 Å². The van der Waals surface area contributed by atoms with Crippen molar-refractivity contribution in [2.24, 2.45) is 0 Å². The van der Waals surface area contributed by atoms with Crippen LogP contribution in [0.2, 0.25) is 0 Å². The highest BCUT2D eigenvalue weighted by Crippen LogP contribution is 2.32. The molecular weight excluding hydrogens is 434 g/mol. The Labute approximate surface area is 196 Å². The second-order valence-electron chi connectivity index (χ2n) is 8.50. The van der Waals surface area contributed by atoms with Crippen LogP contribution in [-0.4, -0.2) is 22.4 Å². The van der Waals surface area contributed by atoms with Crippen molar-refractivity contribution in [1.82, 2.24) is 4.98 Å². The van der Waals surface area contributed by atoms with E-state index in [-0.39, 0.29) is 18.0 Å². The first kappa shape index (κ1) is 23.0. The summed E-state index contributed by atoms with van der Waals surface area (Å²) in [7, 11) is 0. The molecule has 0 unspecified atom stereocenters. The van der Waals surface area contributed by atoms with E-state index in [4.69, 9.17) is 9.15 Å². The van der Waals surface area contributed by atoms with Crippen LogP contribution in [0.4, 0.5) is 11.4 Å². The molecule has 0 spiro atoms. The summed E-state index contributed by atoms with van der Waals surface area (Å²) < 4.78 is 11.4. The molecule has 0 fully saturated rings. The molecule has 0 saturated carbocycles. The lowest BCUT2D eigenvalue weighted by atomic mass is 10.0. The maximum atomic E-state index is 12.4. The number of benzene rings is 3. The predicted molar refractivity (Wildman–Crippen MR) is 130 cm³/mol. The first-order valence-electron chi connectivity index (χ1n) is 10.9. The molecule has 0 atom stereocenters. The van der Waals surface area contributed by atoms with Gasteiger partial charge in [-0.1, -0.05) is 26.0 Å². The van der Waals surface area contributed by atoms with Crippen LogP contribution in [-0.2, 0) is 4.79 Å². The summed E-state index contributed by atoms with van der Waals surface area (Å²) in [5.74, 6) is 0.569. The SMILES string of the molecule is Cc1cc(C)c(OCC(=O)Nc2ccc(-c3nc4cc(C(C)C)ccc4o3)cc2)c([N+](=O)[O-])c1. The number of ether oxygens (including phenoxy) is 1. The molecule has 1 heterocycles. The van der Waals surface area contributed by atoms with E-state index in [2.05, 4.69) is 24.1 Å². The van der Waals surface area contributed by atoms with Crippen molar-refractivity contribution in [3.8, 4) is 17.2 Å². The van der Waals surface area contributed by atoms with Gasteiger partial charge in [-0.25, -0.2) is 4.98 Å². The molecule has 0 aliphatic carbocycles. The molecule has 1 aromatic heterocycles. The Kier molecular flexibility index (Phi) is 6.32. The summed E-state index contributed by atoms with van der Waals surface area (Å²) in [5, 5.41) is 14.1. The van der Waals surface area contributed by atoms with Crippen molar-refractivity contribution in [3.63, 3.8) is 0 Å². The van der Waals surface area contributed by atoms with Crippen molar-refractivity contribution in [2.75, 3.05) is 11.9 Å². The summed E-state index contributed by atoms with van der Waals surface area (Å²) >= 11 is 0. The Hall–Kier alpha value is -4.20. The average molecular weight is 460 g/mol. The molecule has 174 valence electrons. The van der Waals surface area contributed by atoms with E-state index in [0.29, 0.717) is 23.1 Å². The van der Waals surface area contributed by atoms with Gasteiger partial charge in [0.25, 0.3) is 5.91 Å². The van der Waals surface area contributed by atoms with E-state index in [1.165, 1.54) is 11.6 Å². The summed E-state index contributed by atoms with van der Waals surface area (Å²) in [6, 6.07) is 16.3. The number of aromatic nitrogens is 1.